The molecule has 1 atom stereocenters. The van der Waals surface area contributed by atoms with E-state index < -0.39 is 22.0 Å². The molecule has 1 amide bonds. The third-order valence-electron chi connectivity index (χ3n) is 4.08. The first-order valence-corrected chi connectivity index (χ1v) is 13.3. The molecule has 7 nitrogen and oxygen atoms in total. The summed E-state index contributed by atoms with van der Waals surface area (Å²) in [5.41, 5.74) is 1.26. The summed E-state index contributed by atoms with van der Waals surface area (Å²) in [5, 5.41) is 11.4. The highest BCUT2D eigenvalue weighted by atomic mass is 35.5. The molecule has 0 fully saturated rings. The summed E-state index contributed by atoms with van der Waals surface area (Å²) in [6.07, 6.45) is 0.997. The summed E-state index contributed by atoms with van der Waals surface area (Å²) < 4.78 is 26.5. The number of nitrogens with one attached hydrogen (secondary N) is 1. The van der Waals surface area contributed by atoms with Crippen LogP contribution in [0.5, 0.6) is 0 Å². The molecule has 1 N–H and O–H groups in total. The number of nitrogens with zero attached hydrogens (tertiary/aromatic N) is 3. The van der Waals surface area contributed by atoms with E-state index in [-0.39, 0.29) is 15.8 Å². The molecule has 0 aliphatic heterocycles. The molecule has 0 saturated carbocycles. The summed E-state index contributed by atoms with van der Waals surface area (Å²) in [5.74, 6) is 0.145. The number of rotatable bonds is 8. The minimum absolute atomic E-state index is 0.121. The molecule has 0 radical (unpaired) electrons. The van der Waals surface area contributed by atoms with Crippen LogP contribution in [-0.2, 0) is 20.6 Å². The molecule has 0 aliphatic rings. The molecule has 3 rings (SSSR count). The predicted molar refractivity (Wildman–Crippen MR) is 128 cm³/mol. The lowest BCUT2D eigenvalue weighted by molar-refractivity contribution is -0.116. The molecule has 3 aromatic rings. The zero-order valence-electron chi connectivity index (χ0n) is 16.5. The first-order chi connectivity index (χ1) is 14.6. The van der Waals surface area contributed by atoms with Crippen molar-refractivity contribution in [1.82, 2.24) is 10.2 Å². The second kappa shape index (κ2) is 10.2. The van der Waals surface area contributed by atoms with Crippen LogP contribution < -0.4 is 9.62 Å². The van der Waals surface area contributed by atoms with Crippen LogP contribution in [0, 0.1) is 0 Å². The lowest BCUT2D eigenvalue weighted by Gasteiger charge is -2.28. The minimum atomic E-state index is -3.84. The topological polar surface area (TPSA) is 92.3 Å². The van der Waals surface area contributed by atoms with E-state index in [9.17, 15) is 13.2 Å². The quantitative estimate of drug-likeness (QED) is 0.337. The van der Waals surface area contributed by atoms with E-state index >= 15 is 0 Å². The molecule has 0 saturated heterocycles. The molecule has 1 unspecified atom stereocenters. The number of carbonyl (C=O) groups excluding carboxylic acids is 1. The predicted octanol–water partition coefficient (Wildman–Crippen LogP) is 4.93. The van der Waals surface area contributed by atoms with Crippen molar-refractivity contribution in [2.45, 2.75) is 23.1 Å². The van der Waals surface area contributed by atoms with E-state index in [2.05, 4.69) is 15.5 Å². The van der Waals surface area contributed by atoms with Gasteiger partial charge in [-0.3, -0.25) is 14.4 Å². The smallest absolute Gasteiger partial charge is 0.249 e. The van der Waals surface area contributed by atoms with Crippen LogP contribution in [0.1, 0.15) is 12.5 Å². The van der Waals surface area contributed by atoms with Gasteiger partial charge in [-0.25, -0.2) is 8.42 Å². The molecule has 1 aromatic heterocycles. The lowest BCUT2D eigenvalue weighted by atomic mass is 10.2. The Morgan fingerprint density at radius 3 is 2.58 bits per heavy atom. The number of carbonyl (C=O) groups is 1. The van der Waals surface area contributed by atoms with Crippen molar-refractivity contribution in [2.75, 3.05) is 15.9 Å². The number of amides is 1. The third-order valence-corrected chi connectivity index (χ3v) is 7.90. The van der Waals surface area contributed by atoms with Crippen LogP contribution in [0.2, 0.25) is 10.0 Å². The number of anilines is 2. The maximum atomic E-state index is 12.8. The Bertz CT molecular complexity index is 1170. The number of thioether (sulfide) groups is 1. The largest absolute Gasteiger partial charge is 0.299 e. The second-order valence-corrected chi connectivity index (χ2v) is 11.4. The first-order valence-electron chi connectivity index (χ1n) is 8.90. The highest BCUT2D eigenvalue weighted by Crippen LogP contribution is 2.33. The van der Waals surface area contributed by atoms with Crippen LogP contribution in [0.3, 0.4) is 0 Å². The van der Waals surface area contributed by atoms with Crippen molar-refractivity contribution in [3.8, 4) is 0 Å². The summed E-state index contributed by atoms with van der Waals surface area (Å²) in [4.78, 5) is 12.8. The van der Waals surface area contributed by atoms with E-state index in [0.29, 0.717) is 9.36 Å². The Morgan fingerprint density at radius 1 is 1.19 bits per heavy atom. The number of halogens is 2. The van der Waals surface area contributed by atoms with Gasteiger partial charge >= 0.3 is 0 Å². The fourth-order valence-corrected chi connectivity index (χ4v) is 6.00. The van der Waals surface area contributed by atoms with Gasteiger partial charge in [0.25, 0.3) is 0 Å². The monoisotopic (exact) mass is 516 g/mol. The molecule has 0 bridgehead atoms. The maximum Gasteiger partial charge on any atom is 0.249 e. The lowest BCUT2D eigenvalue weighted by Crippen LogP contribution is -2.45. The summed E-state index contributed by atoms with van der Waals surface area (Å²) in [7, 11) is -3.84. The van der Waals surface area contributed by atoms with Crippen molar-refractivity contribution in [3.63, 3.8) is 0 Å². The average Bonchev–Trinajstić information content (AvgIpc) is 3.16. The van der Waals surface area contributed by atoms with E-state index in [1.165, 1.54) is 48.2 Å². The zero-order chi connectivity index (χ0) is 22.6. The van der Waals surface area contributed by atoms with Gasteiger partial charge in [0.1, 0.15) is 6.04 Å². The van der Waals surface area contributed by atoms with Gasteiger partial charge in [0, 0.05) is 10.8 Å². The standard InChI is InChI=1S/C19H18Cl2N4O3S3/c1-12(25(31(2,27)28)16-10-14(20)8-9-15(16)21)17(26)22-18-23-24-19(30-18)29-11-13-6-4-3-5-7-13/h3-10,12H,11H2,1-2H3,(H,22,23,26). The summed E-state index contributed by atoms with van der Waals surface area (Å²) >= 11 is 14.9. The van der Waals surface area contributed by atoms with Crippen molar-refractivity contribution in [1.29, 1.82) is 0 Å². The second-order valence-electron chi connectivity index (χ2n) is 6.47. The van der Waals surface area contributed by atoms with E-state index in [1.54, 1.807) is 0 Å². The minimum Gasteiger partial charge on any atom is -0.299 e. The van der Waals surface area contributed by atoms with Crippen molar-refractivity contribution < 1.29 is 13.2 Å². The molecule has 12 heteroatoms. The van der Waals surface area contributed by atoms with Crippen molar-refractivity contribution in [2.24, 2.45) is 0 Å². The highest BCUT2D eigenvalue weighted by Gasteiger charge is 2.31. The SMILES string of the molecule is CC(C(=O)Nc1nnc(SCc2ccccc2)s1)N(c1cc(Cl)ccc1Cl)S(C)(=O)=O. The number of hydrogen-bond acceptors (Lipinski definition) is 7. The van der Waals surface area contributed by atoms with Gasteiger partial charge in [-0.2, -0.15) is 0 Å². The average molecular weight is 517 g/mol. The van der Waals surface area contributed by atoms with Gasteiger partial charge < -0.3 is 0 Å². The number of hydrogen-bond donors (Lipinski definition) is 1. The molecule has 1 heterocycles. The summed E-state index contributed by atoms with van der Waals surface area (Å²) in [6, 6.07) is 13.2. The molecule has 2 aromatic carbocycles. The van der Waals surface area contributed by atoms with Crippen LogP contribution in [0.4, 0.5) is 10.8 Å². The van der Waals surface area contributed by atoms with Crippen LogP contribution in [0.15, 0.2) is 52.9 Å². The van der Waals surface area contributed by atoms with Crippen molar-refractivity contribution in [3.05, 3.63) is 64.1 Å². The number of benzene rings is 2. The Hall–Kier alpha value is -1.85. The van der Waals surface area contributed by atoms with Crippen LogP contribution in [-0.4, -0.2) is 36.8 Å². The van der Waals surface area contributed by atoms with Gasteiger partial charge in [0.15, 0.2) is 4.34 Å². The molecule has 31 heavy (non-hydrogen) atoms. The zero-order valence-corrected chi connectivity index (χ0v) is 20.4. The van der Waals surface area contributed by atoms with Crippen LogP contribution >= 0.6 is 46.3 Å². The van der Waals surface area contributed by atoms with Gasteiger partial charge in [-0.15, -0.1) is 10.2 Å². The Labute approximate surface area is 198 Å². The molecule has 164 valence electrons. The normalized spacial score (nSPS) is 12.4. The van der Waals surface area contributed by atoms with E-state index in [4.69, 9.17) is 23.2 Å². The van der Waals surface area contributed by atoms with Crippen LogP contribution in [0.25, 0.3) is 0 Å². The maximum absolute atomic E-state index is 12.8. The van der Waals surface area contributed by atoms with Gasteiger partial charge in [-0.05, 0) is 30.7 Å². The first kappa shape index (κ1) is 23.8. The Morgan fingerprint density at radius 2 is 1.90 bits per heavy atom. The molecule has 0 spiro atoms. The Kier molecular flexibility index (Phi) is 7.82. The fourth-order valence-electron chi connectivity index (χ4n) is 2.68. The Balaban J connectivity index is 1.72. The molecule has 0 aliphatic carbocycles. The highest BCUT2D eigenvalue weighted by molar-refractivity contribution is 8.00. The third kappa shape index (κ3) is 6.33. The fraction of sp³-hybridized carbons (Fsp3) is 0.211. The molecular formula is C19H18Cl2N4O3S3. The number of sulfonamides is 1. The van der Waals surface area contributed by atoms with Crippen molar-refractivity contribution >= 4 is 73.0 Å². The van der Waals surface area contributed by atoms with Gasteiger partial charge in [0.2, 0.25) is 21.1 Å². The van der Waals surface area contributed by atoms with E-state index in [1.807, 2.05) is 30.3 Å². The molecular weight excluding hydrogens is 499 g/mol. The van der Waals surface area contributed by atoms with E-state index in [0.717, 1.165) is 21.9 Å². The van der Waals surface area contributed by atoms with Gasteiger partial charge in [0.05, 0.1) is 17.0 Å². The number of aromatic nitrogens is 2. The van der Waals surface area contributed by atoms with Gasteiger partial charge in [-0.1, -0.05) is 76.6 Å². The summed E-state index contributed by atoms with van der Waals surface area (Å²) in [6.45, 7) is 1.46.